The molecular weight excluding hydrogens is 531 g/mol. The lowest BCUT2D eigenvalue weighted by Gasteiger charge is -2.29. The van der Waals surface area contributed by atoms with Gasteiger partial charge in [0.05, 0.1) is 30.2 Å². The highest BCUT2D eigenvalue weighted by Crippen LogP contribution is 2.41. The molecule has 6 nitrogen and oxygen atoms in total. The van der Waals surface area contributed by atoms with Gasteiger partial charge in [0.2, 0.25) is 5.62 Å². The Morgan fingerprint density at radius 3 is 1.80 bits per heavy atom. The summed E-state index contributed by atoms with van der Waals surface area (Å²) in [6.45, 7) is 11.7. The maximum atomic E-state index is 13.4. The largest absolute Gasteiger partial charge is 0.507 e. The number of aliphatic hydroxyl groups is 1. The van der Waals surface area contributed by atoms with Crippen LogP contribution in [-0.4, -0.2) is 31.4 Å². The van der Waals surface area contributed by atoms with E-state index in [4.69, 9.17) is 0 Å². The molecule has 0 saturated heterocycles. The molecule has 9 heteroatoms. The Labute approximate surface area is 237 Å². The molecule has 218 valence electrons. The van der Waals surface area contributed by atoms with Crippen molar-refractivity contribution in [2.75, 3.05) is 0 Å². The zero-order chi connectivity index (χ0) is 30.3. The van der Waals surface area contributed by atoms with Crippen molar-refractivity contribution in [1.29, 1.82) is 0 Å². The normalized spacial score (nSPS) is 14.0. The molecule has 2 N–H and O–H groups in total. The zero-order valence-corrected chi connectivity index (χ0v) is 24.1. The molecule has 1 amide bonds. The van der Waals surface area contributed by atoms with Crippen LogP contribution in [0.5, 0.6) is 5.75 Å². The number of carbonyl (C=O) groups excluding carboxylic acids is 1. The summed E-state index contributed by atoms with van der Waals surface area (Å²) in [7, 11) is 0. The predicted molar refractivity (Wildman–Crippen MR) is 153 cm³/mol. The molecule has 4 aromatic rings. The Morgan fingerprint density at radius 2 is 1.32 bits per heavy atom. The minimum absolute atomic E-state index is 0.152. The molecule has 1 heterocycles. The van der Waals surface area contributed by atoms with Gasteiger partial charge in [0.1, 0.15) is 5.75 Å². The second kappa shape index (κ2) is 10.9. The number of imidazole rings is 1. The number of phenols is 1. The van der Waals surface area contributed by atoms with Gasteiger partial charge in [0.15, 0.2) is 0 Å². The lowest BCUT2D eigenvalue weighted by molar-refractivity contribution is -0.169. The maximum absolute atomic E-state index is 13.4. The number of nitrogens with zero attached hydrogens (tertiary/aromatic N) is 3. The second-order valence-corrected chi connectivity index (χ2v) is 12.4. The fraction of sp³-hybridized carbons (Fsp3) is 0.375. The van der Waals surface area contributed by atoms with Crippen LogP contribution < -0.4 is 5.62 Å². The number of fused-ring (bicyclic) bond motifs is 1. The first kappa shape index (κ1) is 30.1. The average Bonchev–Trinajstić information content (AvgIpc) is 3.14. The van der Waals surface area contributed by atoms with Gasteiger partial charge in [-0.2, -0.15) is 18.2 Å². The van der Waals surface area contributed by atoms with Crippen molar-refractivity contribution >= 4 is 16.9 Å². The van der Waals surface area contributed by atoms with Gasteiger partial charge in [0, 0.05) is 0 Å². The van der Waals surface area contributed by atoms with Crippen molar-refractivity contribution < 1.29 is 28.2 Å². The van der Waals surface area contributed by atoms with Gasteiger partial charge in [-0.25, -0.2) is 0 Å². The Kier molecular flexibility index (Phi) is 7.97. The van der Waals surface area contributed by atoms with Gasteiger partial charge in [-0.05, 0) is 57.3 Å². The third-order valence-electron chi connectivity index (χ3n) is 7.06. The first-order valence-electron chi connectivity index (χ1n) is 13.4. The van der Waals surface area contributed by atoms with Gasteiger partial charge < -0.3 is 19.3 Å². The summed E-state index contributed by atoms with van der Waals surface area (Å²) in [6.07, 6.45) is -6.35. The summed E-state index contributed by atoms with van der Waals surface area (Å²) in [4.78, 5) is 15.7. The van der Waals surface area contributed by atoms with Crippen LogP contribution in [0.25, 0.3) is 11.0 Å². The average molecular weight is 568 g/mol. The number of amides is 1. The molecule has 0 saturated carbocycles. The SMILES string of the molecule is CC(C)(C)c1cc(C(O)Cn2c(=NC(=O)C(F)(F)F)n(Cc3ccccc3)c3ccccc32)cc(C(C)(C)C)c1O. The predicted octanol–water partition coefficient (Wildman–Crippen LogP) is 6.51. The summed E-state index contributed by atoms with van der Waals surface area (Å²) >= 11 is 0. The molecule has 41 heavy (non-hydrogen) atoms. The van der Waals surface area contributed by atoms with Crippen LogP contribution >= 0.6 is 0 Å². The molecule has 0 bridgehead atoms. The molecule has 0 spiro atoms. The van der Waals surface area contributed by atoms with E-state index in [-0.39, 0.29) is 24.5 Å². The quantitative estimate of drug-likeness (QED) is 0.288. The molecule has 4 rings (SSSR count). The summed E-state index contributed by atoms with van der Waals surface area (Å²) < 4.78 is 43.3. The number of phenolic OH excluding ortho intramolecular Hbond substituents is 1. The van der Waals surface area contributed by atoms with Crippen molar-refractivity contribution in [2.24, 2.45) is 4.99 Å². The Morgan fingerprint density at radius 1 is 0.829 bits per heavy atom. The van der Waals surface area contributed by atoms with Gasteiger partial charge in [-0.1, -0.05) is 84.0 Å². The number of hydrogen-bond acceptors (Lipinski definition) is 3. The Bertz CT molecular complexity index is 1600. The molecule has 1 unspecified atom stereocenters. The van der Waals surface area contributed by atoms with Crippen LogP contribution in [0.4, 0.5) is 13.2 Å². The molecule has 0 aliphatic carbocycles. The van der Waals surface area contributed by atoms with E-state index in [0.29, 0.717) is 27.7 Å². The van der Waals surface area contributed by atoms with Crippen LogP contribution in [0.15, 0.2) is 71.7 Å². The molecule has 3 aromatic carbocycles. The third kappa shape index (κ3) is 6.40. The standard InChI is InChI=1S/C32H36F3N3O3/c1-30(2,3)22-16-21(17-23(27(22)40)31(4,5)6)26(39)19-38-25-15-11-10-14-24(25)37(18-20-12-8-7-9-13-20)29(38)36-28(41)32(33,34)35/h7-17,26,39-40H,18-19H2,1-6H3. The fourth-order valence-electron chi connectivity index (χ4n) is 4.93. The highest BCUT2D eigenvalue weighted by Gasteiger charge is 2.39. The van der Waals surface area contributed by atoms with Gasteiger partial charge in [-0.3, -0.25) is 4.79 Å². The van der Waals surface area contributed by atoms with E-state index in [0.717, 1.165) is 5.56 Å². The van der Waals surface area contributed by atoms with E-state index in [1.165, 1.54) is 4.57 Å². The van der Waals surface area contributed by atoms with Crippen LogP contribution in [0, 0.1) is 0 Å². The molecule has 0 fully saturated rings. The number of benzene rings is 3. The summed E-state index contributed by atoms with van der Waals surface area (Å²) in [5.41, 5.74) is 2.56. The van der Waals surface area contributed by atoms with E-state index < -0.39 is 29.0 Å². The van der Waals surface area contributed by atoms with E-state index in [1.807, 2.05) is 71.9 Å². The topological polar surface area (TPSA) is 79.8 Å². The minimum Gasteiger partial charge on any atom is -0.507 e. The van der Waals surface area contributed by atoms with Crippen molar-refractivity contribution in [3.8, 4) is 5.75 Å². The number of rotatable bonds is 5. The van der Waals surface area contributed by atoms with E-state index in [1.54, 1.807) is 41.0 Å². The van der Waals surface area contributed by atoms with E-state index >= 15 is 0 Å². The van der Waals surface area contributed by atoms with Crippen molar-refractivity contribution in [3.05, 3.63) is 94.6 Å². The zero-order valence-electron chi connectivity index (χ0n) is 24.1. The summed E-state index contributed by atoms with van der Waals surface area (Å²) in [5.74, 6) is -2.08. The number of alkyl halides is 3. The summed E-state index contributed by atoms with van der Waals surface area (Å²) in [6, 6.07) is 19.6. The number of halogens is 3. The Balaban J connectivity index is 1.94. The number of para-hydroxylation sites is 2. The molecule has 1 aromatic heterocycles. The maximum Gasteiger partial charge on any atom is 0.473 e. The van der Waals surface area contributed by atoms with E-state index in [9.17, 15) is 28.2 Å². The molecule has 0 aliphatic heterocycles. The molecular formula is C32H36F3N3O3. The monoisotopic (exact) mass is 567 g/mol. The number of carbonyl (C=O) groups is 1. The Hall–Kier alpha value is -3.85. The van der Waals surface area contributed by atoms with Crippen molar-refractivity contribution in [1.82, 2.24) is 9.13 Å². The highest BCUT2D eigenvalue weighted by atomic mass is 19.4. The summed E-state index contributed by atoms with van der Waals surface area (Å²) in [5, 5.41) is 22.7. The number of aromatic nitrogens is 2. The van der Waals surface area contributed by atoms with Gasteiger partial charge >= 0.3 is 12.1 Å². The number of aliphatic hydroxyl groups excluding tert-OH is 1. The molecule has 0 radical (unpaired) electrons. The van der Waals surface area contributed by atoms with Crippen LogP contribution in [0.2, 0.25) is 0 Å². The van der Waals surface area contributed by atoms with Crippen molar-refractivity contribution in [3.63, 3.8) is 0 Å². The highest BCUT2D eigenvalue weighted by molar-refractivity contribution is 5.83. The van der Waals surface area contributed by atoms with Crippen LogP contribution in [0.1, 0.15) is 69.9 Å². The first-order valence-corrected chi connectivity index (χ1v) is 13.4. The van der Waals surface area contributed by atoms with Crippen molar-refractivity contribution in [2.45, 2.75) is 77.7 Å². The number of hydrogen-bond donors (Lipinski definition) is 2. The van der Waals surface area contributed by atoms with Gasteiger partial charge in [-0.15, -0.1) is 0 Å². The lowest BCUT2D eigenvalue weighted by atomic mass is 9.78. The number of aromatic hydroxyl groups is 1. The van der Waals surface area contributed by atoms with Gasteiger partial charge in [0.25, 0.3) is 0 Å². The third-order valence-corrected chi connectivity index (χ3v) is 7.06. The fourth-order valence-corrected chi connectivity index (χ4v) is 4.93. The first-order chi connectivity index (χ1) is 19.0. The van der Waals surface area contributed by atoms with E-state index in [2.05, 4.69) is 4.99 Å². The molecule has 0 aliphatic rings. The second-order valence-electron chi connectivity index (χ2n) is 12.4. The minimum atomic E-state index is -5.16. The smallest absolute Gasteiger partial charge is 0.473 e. The lowest BCUT2D eigenvalue weighted by Crippen LogP contribution is -2.33. The van der Waals surface area contributed by atoms with Crippen LogP contribution in [-0.2, 0) is 28.7 Å². The van der Waals surface area contributed by atoms with Crippen LogP contribution in [0.3, 0.4) is 0 Å². The molecule has 1 atom stereocenters.